The minimum atomic E-state index is -1.10. The van der Waals surface area contributed by atoms with Crippen molar-refractivity contribution in [3.05, 3.63) is 6.42 Å². The zero-order valence-corrected chi connectivity index (χ0v) is 7.58. The number of rotatable bonds is 4. The molecule has 1 aliphatic rings. The molecule has 0 unspecified atom stereocenters. The van der Waals surface area contributed by atoms with Crippen molar-refractivity contribution in [3.63, 3.8) is 0 Å². The topological polar surface area (TPSA) is 40.5 Å². The Morgan fingerprint density at radius 3 is 2.50 bits per heavy atom. The Bertz CT molecular complexity index is 106. The first-order chi connectivity index (χ1) is 5.79. The molecule has 2 N–H and O–H groups in total. The van der Waals surface area contributed by atoms with Crippen LogP contribution >= 0.6 is 0 Å². The summed E-state index contributed by atoms with van der Waals surface area (Å²) < 4.78 is 0. The molecule has 2 nitrogen and oxygen atoms in total. The van der Waals surface area contributed by atoms with E-state index in [1.165, 1.54) is 32.1 Å². The van der Waals surface area contributed by atoms with Crippen molar-refractivity contribution in [1.29, 1.82) is 0 Å². The van der Waals surface area contributed by atoms with Gasteiger partial charge in [0.15, 0.2) is 6.29 Å². The van der Waals surface area contributed by atoms with E-state index in [-0.39, 0.29) is 0 Å². The maximum atomic E-state index is 8.63. The van der Waals surface area contributed by atoms with Crippen LogP contribution in [0.15, 0.2) is 0 Å². The van der Waals surface area contributed by atoms with Gasteiger partial charge in [-0.15, -0.1) is 0 Å². The van der Waals surface area contributed by atoms with Gasteiger partial charge in [-0.25, -0.2) is 0 Å². The monoisotopic (exact) mass is 171 g/mol. The van der Waals surface area contributed by atoms with Gasteiger partial charge in [0, 0.05) is 0 Å². The van der Waals surface area contributed by atoms with Crippen molar-refractivity contribution >= 4 is 0 Å². The highest BCUT2D eigenvalue weighted by molar-refractivity contribution is 4.76. The van der Waals surface area contributed by atoms with Crippen molar-refractivity contribution < 1.29 is 10.2 Å². The molecular weight excluding hydrogens is 152 g/mol. The molecule has 0 heterocycles. The lowest BCUT2D eigenvalue weighted by Gasteiger charge is -2.21. The molecule has 0 spiro atoms. The Morgan fingerprint density at radius 1 is 1.25 bits per heavy atom. The molecular formula is C10H19O2. The molecule has 1 fully saturated rings. The van der Waals surface area contributed by atoms with Crippen molar-refractivity contribution in [2.75, 3.05) is 0 Å². The summed E-state index contributed by atoms with van der Waals surface area (Å²) in [5.74, 6) is 0.841. The molecule has 0 aromatic rings. The van der Waals surface area contributed by atoms with Crippen LogP contribution < -0.4 is 0 Å². The van der Waals surface area contributed by atoms with Crippen LogP contribution in [0.5, 0.6) is 0 Å². The largest absolute Gasteiger partial charge is 0.368 e. The first-order valence-electron chi connectivity index (χ1n) is 4.97. The summed E-state index contributed by atoms with van der Waals surface area (Å²) in [6.07, 6.45) is 9.06. The van der Waals surface area contributed by atoms with Crippen molar-refractivity contribution in [2.24, 2.45) is 5.92 Å². The third-order valence-electron chi connectivity index (χ3n) is 2.63. The third kappa shape index (κ3) is 4.07. The number of aliphatic hydroxyl groups excluding tert-OH is 1. The maximum Gasteiger partial charge on any atom is 0.151 e. The average molecular weight is 171 g/mol. The minimum Gasteiger partial charge on any atom is -0.368 e. The maximum absolute atomic E-state index is 8.63. The first kappa shape index (κ1) is 10.0. The lowest BCUT2D eigenvalue weighted by atomic mass is 9.86. The number of hydrogen-bond donors (Lipinski definition) is 2. The summed E-state index contributed by atoms with van der Waals surface area (Å²) in [6, 6.07) is 0. The Labute approximate surface area is 74.6 Å². The van der Waals surface area contributed by atoms with Gasteiger partial charge in [-0.2, -0.15) is 0 Å². The molecule has 1 aliphatic carbocycles. The highest BCUT2D eigenvalue weighted by Gasteiger charge is 2.13. The van der Waals surface area contributed by atoms with E-state index in [1.54, 1.807) is 0 Å². The summed E-state index contributed by atoms with van der Waals surface area (Å²) >= 11 is 0. The second-order valence-electron chi connectivity index (χ2n) is 3.72. The van der Waals surface area contributed by atoms with Crippen LogP contribution in [0.25, 0.3) is 0 Å². The highest BCUT2D eigenvalue weighted by atomic mass is 16.5. The van der Waals surface area contributed by atoms with Gasteiger partial charge in [0.1, 0.15) is 0 Å². The van der Waals surface area contributed by atoms with Gasteiger partial charge in [0.25, 0.3) is 0 Å². The average Bonchev–Trinajstić information content (AvgIpc) is 2.05. The van der Waals surface area contributed by atoms with Crippen LogP contribution in [0.4, 0.5) is 0 Å². The lowest BCUT2D eigenvalue weighted by Crippen LogP contribution is -2.09. The summed E-state index contributed by atoms with van der Waals surface area (Å²) in [7, 11) is 0. The number of hydrogen-bond acceptors (Lipinski definition) is 2. The molecule has 1 saturated carbocycles. The van der Waals surface area contributed by atoms with Crippen molar-refractivity contribution in [3.8, 4) is 0 Å². The number of aliphatic hydroxyl groups is 2. The molecule has 71 valence electrons. The van der Waals surface area contributed by atoms with Crippen LogP contribution in [0, 0.1) is 12.3 Å². The zero-order valence-electron chi connectivity index (χ0n) is 7.58. The van der Waals surface area contributed by atoms with E-state index in [1.807, 2.05) is 0 Å². The molecule has 0 saturated heterocycles. The third-order valence-corrected chi connectivity index (χ3v) is 2.63. The van der Waals surface area contributed by atoms with Crippen LogP contribution in [-0.4, -0.2) is 16.5 Å². The highest BCUT2D eigenvalue weighted by Crippen LogP contribution is 2.27. The molecule has 1 radical (unpaired) electrons. The normalized spacial score (nSPS) is 20.2. The molecule has 2 heteroatoms. The van der Waals surface area contributed by atoms with Crippen molar-refractivity contribution in [1.82, 2.24) is 0 Å². The van der Waals surface area contributed by atoms with E-state index >= 15 is 0 Å². The fraction of sp³-hybridized carbons (Fsp3) is 0.900. The van der Waals surface area contributed by atoms with E-state index in [0.29, 0.717) is 6.42 Å². The van der Waals surface area contributed by atoms with E-state index < -0.39 is 6.29 Å². The Kier molecular flexibility index (Phi) is 4.62. The molecule has 0 atom stereocenters. The SMILES string of the molecule is OC(O)CCCC1CC[CH]CC1. The van der Waals surface area contributed by atoms with Gasteiger partial charge < -0.3 is 10.2 Å². The Morgan fingerprint density at radius 2 is 1.92 bits per heavy atom. The quantitative estimate of drug-likeness (QED) is 0.634. The van der Waals surface area contributed by atoms with Gasteiger partial charge in [-0.05, 0) is 38.0 Å². The van der Waals surface area contributed by atoms with Gasteiger partial charge in [-0.1, -0.05) is 19.3 Å². The van der Waals surface area contributed by atoms with Gasteiger partial charge in [0.05, 0.1) is 0 Å². The van der Waals surface area contributed by atoms with E-state index in [9.17, 15) is 0 Å². The Hall–Kier alpha value is -0.0800. The molecule has 0 aromatic carbocycles. The summed E-state index contributed by atoms with van der Waals surface area (Å²) in [5.41, 5.74) is 0. The van der Waals surface area contributed by atoms with E-state index in [0.717, 1.165) is 12.3 Å². The summed E-state index contributed by atoms with van der Waals surface area (Å²) in [5, 5.41) is 17.3. The predicted molar refractivity (Wildman–Crippen MR) is 48.3 cm³/mol. The van der Waals surface area contributed by atoms with Crippen molar-refractivity contribution in [2.45, 2.75) is 51.2 Å². The Balaban J connectivity index is 1.98. The van der Waals surface area contributed by atoms with Gasteiger partial charge in [-0.3, -0.25) is 0 Å². The standard InChI is InChI=1S/C10H19O2/c11-10(12)8-4-7-9-5-2-1-3-6-9/h1,9-12H,2-8H2. The second kappa shape index (κ2) is 5.55. The molecule has 1 rings (SSSR count). The lowest BCUT2D eigenvalue weighted by molar-refractivity contribution is -0.0472. The summed E-state index contributed by atoms with van der Waals surface area (Å²) in [4.78, 5) is 0. The first-order valence-corrected chi connectivity index (χ1v) is 4.97. The van der Waals surface area contributed by atoms with Gasteiger partial charge >= 0.3 is 0 Å². The van der Waals surface area contributed by atoms with Crippen LogP contribution in [0.2, 0.25) is 0 Å². The molecule has 0 bridgehead atoms. The van der Waals surface area contributed by atoms with Gasteiger partial charge in [0.2, 0.25) is 0 Å². The second-order valence-corrected chi connectivity index (χ2v) is 3.72. The van der Waals surface area contributed by atoms with E-state index in [2.05, 4.69) is 6.42 Å². The fourth-order valence-corrected chi connectivity index (χ4v) is 1.87. The van der Waals surface area contributed by atoms with Crippen LogP contribution in [0.3, 0.4) is 0 Å². The fourth-order valence-electron chi connectivity index (χ4n) is 1.87. The molecule has 0 aromatic heterocycles. The zero-order chi connectivity index (χ0) is 8.81. The summed E-state index contributed by atoms with van der Waals surface area (Å²) in [6.45, 7) is 0. The molecule has 12 heavy (non-hydrogen) atoms. The molecule has 0 aliphatic heterocycles. The molecule has 0 amide bonds. The van der Waals surface area contributed by atoms with Crippen LogP contribution in [0.1, 0.15) is 44.9 Å². The smallest absolute Gasteiger partial charge is 0.151 e. The predicted octanol–water partition coefficient (Wildman–Crippen LogP) is 1.86. The van der Waals surface area contributed by atoms with E-state index in [4.69, 9.17) is 10.2 Å². The van der Waals surface area contributed by atoms with Crippen LogP contribution in [-0.2, 0) is 0 Å². The minimum absolute atomic E-state index is 0.542.